The first-order valence-corrected chi connectivity index (χ1v) is 10.3. The van der Waals surface area contributed by atoms with Gasteiger partial charge in [0.2, 0.25) is 10.0 Å². The maximum Gasteiger partial charge on any atom is 0.329 e. The van der Waals surface area contributed by atoms with Gasteiger partial charge in [-0.3, -0.25) is 0 Å². The van der Waals surface area contributed by atoms with Crippen molar-refractivity contribution in [1.82, 2.24) is 4.31 Å². The quantitative estimate of drug-likeness (QED) is 0.535. The maximum atomic E-state index is 12.5. The second-order valence-electron chi connectivity index (χ2n) is 5.43. The summed E-state index contributed by atoms with van der Waals surface area (Å²) in [6.07, 6.45) is 2.53. The van der Waals surface area contributed by atoms with Gasteiger partial charge in [-0.25, -0.2) is 13.2 Å². The fourth-order valence-corrected chi connectivity index (χ4v) is 5.03. The van der Waals surface area contributed by atoms with Crippen molar-refractivity contribution in [2.24, 2.45) is 0 Å². The number of carbonyl (C=O) groups excluding carboxylic acids is 1. The van der Waals surface area contributed by atoms with Gasteiger partial charge in [-0.05, 0) is 43.9 Å². The summed E-state index contributed by atoms with van der Waals surface area (Å²) < 4.78 is 32.1. The van der Waals surface area contributed by atoms with Gasteiger partial charge in [-0.1, -0.05) is 34.5 Å². The van der Waals surface area contributed by atoms with E-state index < -0.39 is 22.0 Å². The zero-order chi connectivity index (χ0) is 17.0. The molecule has 0 bridgehead atoms. The van der Waals surface area contributed by atoms with Crippen molar-refractivity contribution in [3.63, 3.8) is 0 Å². The van der Waals surface area contributed by atoms with Crippen LogP contribution in [0.3, 0.4) is 0 Å². The number of hydrogen-bond acceptors (Lipinski definition) is 4. The van der Waals surface area contributed by atoms with Gasteiger partial charge in [-0.2, -0.15) is 4.31 Å². The molecule has 1 aliphatic heterocycles. The van der Waals surface area contributed by atoms with Crippen LogP contribution in [-0.4, -0.2) is 37.0 Å². The molecular weight excluding hydrogens is 406 g/mol. The zero-order valence-corrected chi connectivity index (χ0v) is 16.0. The van der Waals surface area contributed by atoms with Crippen LogP contribution in [0.15, 0.2) is 22.7 Å². The molecule has 0 radical (unpaired) electrons. The van der Waals surface area contributed by atoms with Crippen LogP contribution >= 0.6 is 27.5 Å². The van der Waals surface area contributed by atoms with E-state index >= 15 is 0 Å². The Labute approximate surface area is 150 Å². The Morgan fingerprint density at radius 3 is 2.83 bits per heavy atom. The van der Waals surface area contributed by atoms with Crippen LogP contribution in [0, 0.1) is 0 Å². The molecule has 0 saturated carbocycles. The van der Waals surface area contributed by atoms with Gasteiger partial charge in [0.05, 0.1) is 10.8 Å². The lowest BCUT2D eigenvalue weighted by atomic mass is 10.1. The molecule has 1 aliphatic rings. The maximum absolute atomic E-state index is 12.5. The smallest absolute Gasteiger partial charge is 0.329 e. The van der Waals surface area contributed by atoms with Crippen LogP contribution in [0.4, 0.5) is 0 Å². The lowest BCUT2D eigenvalue weighted by Gasteiger charge is -2.32. The second-order valence-corrected chi connectivity index (χ2v) is 8.80. The summed E-state index contributed by atoms with van der Waals surface area (Å²) >= 11 is 9.33. The van der Waals surface area contributed by atoms with E-state index in [-0.39, 0.29) is 11.5 Å². The summed E-state index contributed by atoms with van der Waals surface area (Å²) in [6, 6.07) is 4.13. The number of nitrogens with zero attached hydrogens (tertiary/aromatic N) is 1. The van der Waals surface area contributed by atoms with Gasteiger partial charge >= 0.3 is 5.97 Å². The molecule has 0 amide bonds. The Hall–Kier alpha value is -0.630. The van der Waals surface area contributed by atoms with Crippen LogP contribution in [0.5, 0.6) is 5.75 Å². The van der Waals surface area contributed by atoms with E-state index in [0.717, 1.165) is 17.3 Å². The summed E-state index contributed by atoms with van der Waals surface area (Å²) in [5.74, 6) is -0.303. The molecule has 2 rings (SSSR count). The fourth-order valence-electron chi connectivity index (χ4n) is 2.58. The number of esters is 1. The third-order valence-electron chi connectivity index (χ3n) is 3.65. The molecular formula is C15H19BrClNO4S. The lowest BCUT2D eigenvalue weighted by Crippen LogP contribution is -2.50. The molecule has 1 atom stereocenters. The number of ether oxygens (including phenoxy) is 1. The van der Waals surface area contributed by atoms with Gasteiger partial charge in [0.15, 0.2) is 0 Å². The molecule has 1 heterocycles. The van der Waals surface area contributed by atoms with Gasteiger partial charge in [0.1, 0.15) is 11.8 Å². The van der Waals surface area contributed by atoms with E-state index in [1.807, 2.05) is 0 Å². The molecule has 0 spiro atoms. The Bertz CT molecular complexity index is 680. The summed E-state index contributed by atoms with van der Waals surface area (Å²) in [4.78, 5) is 12.5. The molecule has 5 nitrogen and oxygen atoms in total. The number of halogens is 2. The SMILES string of the molecule is CCCS(=O)(=O)N1CCCCC1C(=O)Oc1ccc(Br)cc1Cl. The number of sulfonamides is 1. The Morgan fingerprint density at radius 1 is 1.43 bits per heavy atom. The third kappa shape index (κ3) is 4.68. The van der Waals surface area contributed by atoms with Crippen LogP contribution in [0.1, 0.15) is 32.6 Å². The molecule has 1 aromatic carbocycles. The summed E-state index contributed by atoms with van der Waals surface area (Å²) in [5.41, 5.74) is 0. The molecule has 0 aliphatic carbocycles. The third-order valence-corrected chi connectivity index (χ3v) is 6.51. The number of benzene rings is 1. The highest BCUT2D eigenvalue weighted by atomic mass is 79.9. The molecule has 1 unspecified atom stereocenters. The van der Waals surface area contributed by atoms with Crippen LogP contribution in [-0.2, 0) is 14.8 Å². The summed E-state index contributed by atoms with van der Waals surface area (Å²) in [6.45, 7) is 2.16. The molecule has 1 aromatic rings. The van der Waals surface area contributed by atoms with E-state index in [9.17, 15) is 13.2 Å². The average Bonchev–Trinajstić information content (AvgIpc) is 2.50. The first-order valence-electron chi connectivity index (χ1n) is 7.51. The Balaban J connectivity index is 2.18. The monoisotopic (exact) mass is 423 g/mol. The normalized spacial score (nSPS) is 19.5. The first kappa shape index (κ1) is 18.7. The van der Waals surface area contributed by atoms with E-state index in [0.29, 0.717) is 24.4 Å². The van der Waals surface area contributed by atoms with Crippen molar-refractivity contribution in [2.75, 3.05) is 12.3 Å². The van der Waals surface area contributed by atoms with Gasteiger partial charge < -0.3 is 4.74 Å². The number of hydrogen-bond donors (Lipinski definition) is 0. The van der Waals surface area contributed by atoms with Crippen molar-refractivity contribution in [2.45, 2.75) is 38.6 Å². The lowest BCUT2D eigenvalue weighted by molar-refractivity contribution is -0.139. The molecule has 0 aromatic heterocycles. The first-order chi connectivity index (χ1) is 10.8. The van der Waals surface area contributed by atoms with Crippen LogP contribution in [0.25, 0.3) is 0 Å². The standard InChI is InChI=1S/C15H19BrClNO4S/c1-2-9-23(20,21)18-8-4-3-5-13(18)15(19)22-14-7-6-11(16)10-12(14)17/h6-7,10,13H,2-5,8-9H2,1H3. The van der Waals surface area contributed by atoms with E-state index in [4.69, 9.17) is 16.3 Å². The average molecular weight is 425 g/mol. The van der Waals surface area contributed by atoms with Crippen LogP contribution in [0.2, 0.25) is 5.02 Å². The number of piperidine rings is 1. The predicted molar refractivity (Wildman–Crippen MR) is 93.2 cm³/mol. The molecule has 128 valence electrons. The van der Waals surface area contributed by atoms with Gasteiger partial charge in [-0.15, -0.1) is 0 Å². The Morgan fingerprint density at radius 2 is 2.17 bits per heavy atom. The van der Waals surface area contributed by atoms with E-state index in [2.05, 4.69) is 15.9 Å². The van der Waals surface area contributed by atoms with E-state index in [1.54, 1.807) is 25.1 Å². The molecule has 0 N–H and O–H groups in total. The highest BCUT2D eigenvalue weighted by molar-refractivity contribution is 9.10. The largest absolute Gasteiger partial charge is 0.424 e. The topological polar surface area (TPSA) is 63.7 Å². The summed E-state index contributed by atoms with van der Waals surface area (Å²) in [5, 5.41) is 0.298. The molecule has 1 fully saturated rings. The number of rotatable bonds is 5. The molecule has 8 heteroatoms. The van der Waals surface area contributed by atoms with Crippen molar-refractivity contribution in [1.29, 1.82) is 0 Å². The molecule has 23 heavy (non-hydrogen) atoms. The predicted octanol–water partition coefficient (Wildman–Crippen LogP) is 3.60. The van der Waals surface area contributed by atoms with Crippen molar-refractivity contribution in [3.8, 4) is 5.75 Å². The number of carbonyl (C=O) groups is 1. The minimum atomic E-state index is -3.44. The van der Waals surface area contributed by atoms with Crippen molar-refractivity contribution >= 4 is 43.5 Å². The minimum absolute atomic E-state index is 0.0375. The Kier molecular flexibility index (Phi) is 6.48. The fraction of sp³-hybridized carbons (Fsp3) is 0.533. The van der Waals surface area contributed by atoms with Gasteiger partial charge in [0, 0.05) is 11.0 Å². The second kappa shape index (κ2) is 7.96. The summed E-state index contributed by atoms with van der Waals surface area (Å²) in [7, 11) is -3.44. The minimum Gasteiger partial charge on any atom is -0.424 e. The zero-order valence-electron chi connectivity index (χ0n) is 12.8. The van der Waals surface area contributed by atoms with E-state index in [1.165, 1.54) is 4.31 Å². The van der Waals surface area contributed by atoms with Crippen molar-refractivity contribution < 1.29 is 17.9 Å². The van der Waals surface area contributed by atoms with Crippen molar-refractivity contribution in [3.05, 3.63) is 27.7 Å². The van der Waals surface area contributed by atoms with Crippen LogP contribution < -0.4 is 4.74 Å². The van der Waals surface area contributed by atoms with Gasteiger partial charge in [0.25, 0.3) is 0 Å². The molecule has 1 saturated heterocycles. The highest BCUT2D eigenvalue weighted by Crippen LogP contribution is 2.29. The highest BCUT2D eigenvalue weighted by Gasteiger charge is 2.37.